The molecule has 4 rings (SSSR count). The number of carbonyl (C=O) groups is 2. The van der Waals surface area contributed by atoms with Gasteiger partial charge in [0.15, 0.2) is 0 Å². The second-order valence-electron chi connectivity index (χ2n) is 5.77. The van der Waals surface area contributed by atoms with Crippen LogP contribution in [0.2, 0.25) is 0 Å². The maximum absolute atomic E-state index is 12.5. The Labute approximate surface area is 148 Å². The molecule has 0 saturated heterocycles. The van der Waals surface area contributed by atoms with Crippen molar-refractivity contribution in [3.63, 3.8) is 0 Å². The molecule has 2 aromatic rings. The fourth-order valence-corrected chi connectivity index (χ4v) is 4.90. The standard InChI is InChI=1S/C18H14N2O2S2/c1-9-3-5-11-13(7-9)23-15(17(21)19-11)16-18(22)20-12-6-4-10(2)8-14(12)24-16/h3-8H,1-2H3,(H,19,21)(H,20,22)/b16-15+. The molecular formula is C18H14N2O2S2. The summed E-state index contributed by atoms with van der Waals surface area (Å²) in [5, 5.41) is 5.76. The summed E-state index contributed by atoms with van der Waals surface area (Å²) >= 11 is 2.71. The fourth-order valence-electron chi connectivity index (χ4n) is 2.60. The Morgan fingerprint density at radius 2 is 1.12 bits per heavy atom. The van der Waals surface area contributed by atoms with Gasteiger partial charge < -0.3 is 10.6 Å². The van der Waals surface area contributed by atoms with Crippen molar-refractivity contribution in [2.75, 3.05) is 10.6 Å². The number of hydrogen-bond donors (Lipinski definition) is 2. The highest BCUT2D eigenvalue weighted by Crippen LogP contribution is 2.46. The van der Waals surface area contributed by atoms with Crippen molar-refractivity contribution in [3.05, 3.63) is 57.3 Å². The van der Waals surface area contributed by atoms with Gasteiger partial charge in [0, 0.05) is 9.79 Å². The van der Waals surface area contributed by atoms with Gasteiger partial charge in [0.25, 0.3) is 11.8 Å². The molecule has 120 valence electrons. The van der Waals surface area contributed by atoms with Gasteiger partial charge in [0.1, 0.15) is 0 Å². The smallest absolute Gasteiger partial charge is 0.263 e. The van der Waals surface area contributed by atoms with Gasteiger partial charge in [-0.1, -0.05) is 35.7 Å². The lowest BCUT2D eigenvalue weighted by molar-refractivity contribution is -0.114. The molecule has 24 heavy (non-hydrogen) atoms. The third-order valence-electron chi connectivity index (χ3n) is 3.81. The second kappa shape index (κ2) is 5.72. The first-order chi connectivity index (χ1) is 11.5. The molecular weight excluding hydrogens is 340 g/mol. The number of thioether (sulfide) groups is 2. The van der Waals surface area contributed by atoms with E-state index < -0.39 is 0 Å². The van der Waals surface area contributed by atoms with E-state index in [4.69, 9.17) is 0 Å². The van der Waals surface area contributed by atoms with Gasteiger partial charge in [0.2, 0.25) is 0 Å². The summed E-state index contributed by atoms with van der Waals surface area (Å²) < 4.78 is 0. The van der Waals surface area contributed by atoms with Crippen LogP contribution >= 0.6 is 23.5 Å². The third-order valence-corrected chi connectivity index (χ3v) is 6.25. The van der Waals surface area contributed by atoms with E-state index in [9.17, 15) is 9.59 Å². The monoisotopic (exact) mass is 354 g/mol. The lowest BCUT2D eigenvalue weighted by Crippen LogP contribution is -2.24. The minimum absolute atomic E-state index is 0.231. The Morgan fingerprint density at radius 3 is 1.54 bits per heavy atom. The quantitative estimate of drug-likeness (QED) is 0.693. The number of aryl methyl sites for hydroxylation is 2. The Morgan fingerprint density at radius 1 is 0.708 bits per heavy atom. The Balaban J connectivity index is 1.79. The number of amides is 2. The molecule has 0 unspecified atom stereocenters. The van der Waals surface area contributed by atoms with Crippen LogP contribution in [0.5, 0.6) is 0 Å². The van der Waals surface area contributed by atoms with E-state index in [0.29, 0.717) is 9.81 Å². The van der Waals surface area contributed by atoms with Gasteiger partial charge in [0.05, 0.1) is 21.2 Å². The summed E-state index contributed by atoms with van der Waals surface area (Å²) in [6.45, 7) is 4.01. The topological polar surface area (TPSA) is 58.2 Å². The number of anilines is 2. The average molecular weight is 354 g/mol. The summed E-state index contributed by atoms with van der Waals surface area (Å²) in [5.41, 5.74) is 3.81. The third kappa shape index (κ3) is 2.61. The average Bonchev–Trinajstić information content (AvgIpc) is 2.54. The summed E-state index contributed by atoms with van der Waals surface area (Å²) in [6.07, 6.45) is 0. The van der Waals surface area contributed by atoms with Crippen molar-refractivity contribution in [2.24, 2.45) is 0 Å². The van der Waals surface area contributed by atoms with Crippen molar-refractivity contribution in [3.8, 4) is 0 Å². The SMILES string of the molecule is Cc1ccc2c(c1)S/C(=C1/Sc3cc(C)ccc3NC1=O)C(=O)N2. The van der Waals surface area contributed by atoms with Crippen molar-refractivity contribution in [2.45, 2.75) is 23.6 Å². The highest BCUT2D eigenvalue weighted by atomic mass is 32.2. The molecule has 0 fully saturated rings. The summed E-state index contributed by atoms with van der Waals surface area (Å²) in [7, 11) is 0. The van der Waals surface area contributed by atoms with E-state index in [1.54, 1.807) is 0 Å². The Kier molecular flexibility index (Phi) is 3.66. The maximum atomic E-state index is 12.5. The van der Waals surface area contributed by atoms with Gasteiger partial charge in [-0.15, -0.1) is 0 Å². The number of fused-ring (bicyclic) bond motifs is 2. The predicted molar refractivity (Wildman–Crippen MR) is 98.4 cm³/mol. The first kappa shape index (κ1) is 15.4. The minimum Gasteiger partial charge on any atom is -0.320 e. The highest BCUT2D eigenvalue weighted by Gasteiger charge is 2.31. The lowest BCUT2D eigenvalue weighted by atomic mass is 10.2. The second-order valence-corrected chi connectivity index (χ2v) is 7.87. The zero-order chi connectivity index (χ0) is 16.8. The van der Waals surface area contributed by atoms with Crippen LogP contribution in [0.3, 0.4) is 0 Å². The van der Waals surface area contributed by atoms with Crippen molar-refractivity contribution in [1.29, 1.82) is 0 Å². The molecule has 4 nitrogen and oxygen atoms in total. The zero-order valence-corrected chi connectivity index (χ0v) is 14.7. The molecule has 2 amide bonds. The minimum atomic E-state index is -0.231. The Hall–Kier alpha value is -2.18. The normalized spacial score (nSPS) is 19.2. The van der Waals surface area contributed by atoms with Gasteiger partial charge in [-0.3, -0.25) is 9.59 Å². The van der Waals surface area contributed by atoms with E-state index in [0.717, 1.165) is 32.3 Å². The van der Waals surface area contributed by atoms with Crippen LogP contribution in [0.15, 0.2) is 56.0 Å². The van der Waals surface area contributed by atoms with Gasteiger partial charge in [-0.25, -0.2) is 0 Å². The van der Waals surface area contributed by atoms with Crippen molar-refractivity contribution < 1.29 is 9.59 Å². The molecule has 6 heteroatoms. The first-order valence-corrected chi connectivity index (χ1v) is 9.08. The molecule has 0 aliphatic carbocycles. The van der Waals surface area contributed by atoms with Crippen LogP contribution in [-0.2, 0) is 9.59 Å². The molecule has 0 saturated carbocycles. The number of rotatable bonds is 0. The molecule has 2 N–H and O–H groups in total. The summed E-state index contributed by atoms with van der Waals surface area (Å²) in [5.74, 6) is -0.463. The van der Waals surface area contributed by atoms with E-state index in [1.165, 1.54) is 23.5 Å². The zero-order valence-electron chi connectivity index (χ0n) is 13.1. The number of hydrogen-bond acceptors (Lipinski definition) is 4. The maximum Gasteiger partial charge on any atom is 0.263 e. The molecule has 0 aromatic heterocycles. The molecule has 2 aliphatic rings. The number of carbonyl (C=O) groups excluding carboxylic acids is 2. The molecule has 2 aromatic carbocycles. The van der Waals surface area contributed by atoms with E-state index in [-0.39, 0.29) is 11.8 Å². The van der Waals surface area contributed by atoms with Crippen molar-refractivity contribution in [1.82, 2.24) is 0 Å². The van der Waals surface area contributed by atoms with Crippen LogP contribution < -0.4 is 10.6 Å². The van der Waals surface area contributed by atoms with E-state index in [1.807, 2.05) is 50.2 Å². The summed E-state index contributed by atoms with van der Waals surface area (Å²) in [4.78, 5) is 27.8. The largest absolute Gasteiger partial charge is 0.320 e. The molecule has 0 bridgehead atoms. The number of nitrogens with one attached hydrogen (secondary N) is 2. The van der Waals surface area contributed by atoms with Crippen LogP contribution in [0, 0.1) is 13.8 Å². The lowest BCUT2D eigenvalue weighted by Gasteiger charge is -2.24. The fraction of sp³-hybridized carbons (Fsp3) is 0.111. The molecule has 0 radical (unpaired) electrons. The molecule has 2 heterocycles. The molecule has 0 spiro atoms. The first-order valence-electron chi connectivity index (χ1n) is 7.45. The van der Waals surface area contributed by atoms with Crippen LogP contribution in [0.1, 0.15) is 11.1 Å². The van der Waals surface area contributed by atoms with Crippen LogP contribution in [0.25, 0.3) is 0 Å². The van der Waals surface area contributed by atoms with E-state index >= 15 is 0 Å². The molecule has 2 aliphatic heterocycles. The van der Waals surface area contributed by atoms with Gasteiger partial charge in [-0.05, 0) is 49.2 Å². The number of benzene rings is 2. The van der Waals surface area contributed by atoms with Crippen LogP contribution in [0.4, 0.5) is 11.4 Å². The van der Waals surface area contributed by atoms with Crippen molar-refractivity contribution >= 4 is 46.7 Å². The highest BCUT2D eigenvalue weighted by molar-refractivity contribution is 8.08. The Bertz CT molecular complexity index is 859. The van der Waals surface area contributed by atoms with Crippen LogP contribution in [-0.4, -0.2) is 11.8 Å². The van der Waals surface area contributed by atoms with Gasteiger partial charge in [-0.2, -0.15) is 0 Å². The van der Waals surface area contributed by atoms with Gasteiger partial charge >= 0.3 is 0 Å². The summed E-state index contributed by atoms with van der Waals surface area (Å²) in [6, 6.07) is 11.7. The van der Waals surface area contributed by atoms with E-state index in [2.05, 4.69) is 10.6 Å². The predicted octanol–water partition coefficient (Wildman–Crippen LogP) is 4.30. The molecule has 0 atom stereocenters.